The van der Waals surface area contributed by atoms with Crippen LogP contribution < -0.4 is 11.1 Å². The van der Waals surface area contributed by atoms with Crippen LogP contribution in [-0.4, -0.2) is 4.98 Å². The van der Waals surface area contributed by atoms with Crippen LogP contribution in [0.5, 0.6) is 0 Å². The van der Waals surface area contributed by atoms with Crippen LogP contribution >= 0.6 is 0 Å². The van der Waals surface area contributed by atoms with Crippen molar-refractivity contribution < 1.29 is 0 Å². The highest BCUT2D eigenvalue weighted by Crippen LogP contribution is 2.36. The van der Waals surface area contributed by atoms with Crippen molar-refractivity contribution in [3.05, 3.63) is 35.7 Å². The van der Waals surface area contributed by atoms with Gasteiger partial charge in [0.1, 0.15) is 5.82 Å². The fourth-order valence-electron chi connectivity index (χ4n) is 1.88. The summed E-state index contributed by atoms with van der Waals surface area (Å²) < 4.78 is 0. The van der Waals surface area contributed by atoms with Crippen molar-refractivity contribution in [2.24, 2.45) is 11.7 Å². The monoisotopic (exact) mass is 231 g/mol. The van der Waals surface area contributed by atoms with E-state index < -0.39 is 0 Å². The second-order valence-electron chi connectivity index (χ2n) is 4.73. The van der Waals surface area contributed by atoms with E-state index >= 15 is 0 Å². The van der Waals surface area contributed by atoms with Crippen molar-refractivity contribution in [1.29, 1.82) is 0 Å². The molecular formula is C14H21N3. The number of pyridine rings is 1. The van der Waals surface area contributed by atoms with Crippen LogP contribution in [-0.2, 0) is 0 Å². The number of anilines is 1. The van der Waals surface area contributed by atoms with Crippen LogP contribution in [0.15, 0.2) is 30.1 Å². The molecule has 3 heteroatoms. The van der Waals surface area contributed by atoms with Crippen molar-refractivity contribution in [2.45, 2.75) is 39.2 Å². The van der Waals surface area contributed by atoms with Gasteiger partial charge in [-0.1, -0.05) is 13.0 Å². The molecule has 0 amide bonds. The molecule has 1 aliphatic rings. The molecule has 1 fully saturated rings. The van der Waals surface area contributed by atoms with Crippen molar-refractivity contribution in [2.75, 3.05) is 5.32 Å². The van der Waals surface area contributed by atoms with Crippen molar-refractivity contribution in [1.82, 2.24) is 4.98 Å². The first-order valence-electron chi connectivity index (χ1n) is 6.39. The van der Waals surface area contributed by atoms with Crippen LogP contribution in [0.3, 0.4) is 0 Å². The molecule has 0 bridgehead atoms. The van der Waals surface area contributed by atoms with Gasteiger partial charge in [-0.3, -0.25) is 0 Å². The third-order valence-electron chi connectivity index (χ3n) is 3.02. The first-order valence-corrected chi connectivity index (χ1v) is 6.39. The highest BCUT2D eigenvalue weighted by Gasteiger charge is 2.25. The molecule has 0 radical (unpaired) electrons. The number of nitrogens with two attached hydrogens (primary N) is 1. The number of allylic oxidation sites excluding steroid dienone is 2. The highest BCUT2D eigenvalue weighted by atomic mass is 15.0. The molecular weight excluding hydrogens is 210 g/mol. The lowest BCUT2D eigenvalue weighted by atomic mass is 10.1. The summed E-state index contributed by atoms with van der Waals surface area (Å²) in [5.74, 6) is 1.63. The summed E-state index contributed by atoms with van der Waals surface area (Å²) in [6.45, 7) is 4.15. The van der Waals surface area contributed by atoms with Crippen LogP contribution in [0.4, 0.5) is 5.82 Å². The predicted molar refractivity (Wildman–Crippen MR) is 71.6 cm³/mol. The lowest BCUT2D eigenvalue weighted by molar-refractivity contribution is 0.815. The molecule has 0 aromatic carbocycles. The lowest BCUT2D eigenvalue weighted by Crippen LogP contribution is -2.08. The molecule has 0 aliphatic heterocycles. The number of rotatable bonds is 5. The number of hydrogen-bond acceptors (Lipinski definition) is 3. The zero-order chi connectivity index (χ0) is 12.3. The minimum absolute atomic E-state index is 0.0538. The Labute approximate surface area is 103 Å². The zero-order valence-electron chi connectivity index (χ0n) is 10.6. The summed E-state index contributed by atoms with van der Waals surface area (Å²) in [4.78, 5) is 4.35. The van der Waals surface area contributed by atoms with E-state index in [0.717, 1.165) is 23.7 Å². The van der Waals surface area contributed by atoms with Crippen molar-refractivity contribution >= 4 is 5.82 Å². The fraction of sp³-hybridized carbons (Fsp3) is 0.500. The maximum Gasteiger partial charge on any atom is 0.130 e. The Morgan fingerprint density at radius 3 is 3.00 bits per heavy atom. The summed E-state index contributed by atoms with van der Waals surface area (Å²) in [5, 5.41) is 3.43. The van der Waals surface area contributed by atoms with Crippen LogP contribution in [0, 0.1) is 5.92 Å². The SMILES string of the molecule is CC/C=C(/Nc1cc(C(C)N)ccn1)C1CC1. The molecule has 92 valence electrons. The van der Waals surface area contributed by atoms with Gasteiger partial charge in [0.15, 0.2) is 0 Å². The molecule has 1 aromatic rings. The minimum atomic E-state index is 0.0538. The maximum absolute atomic E-state index is 5.87. The molecule has 0 saturated heterocycles. The van der Waals surface area contributed by atoms with Crippen LogP contribution in [0.25, 0.3) is 0 Å². The smallest absolute Gasteiger partial charge is 0.130 e. The summed E-state index contributed by atoms with van der Waals surface area (Å²) in [6.07, 6.45) is 7.73. The van der Waals surface area contributed by atoms with E-state index in [1.54, 1.807) is 0 Å². The zero-order valence-corrected chi connectivity index (χ0v) is 10.6. The van der Waals surface area contributed by atoms with Gasteiger partial charge in [0, 0.05) is 17.9 Å². The molecule has 17 heavy (non-hydrogen) atoms. The lowest BCUT2D eigenvalue weighted by Gasteiger charge is -2.12. The van der Waals surface area contributed by atoms with E-state index in [-0.39, 0.29) is 6.04 Å². The van der Waals surface area contributed by atoms with Gasteiger partial charge in [-0.05, 0) is 49.8 Å². The average Bonchev–Trinajstić information content (AvgIpc) is 3.13. The Balaban J connectivity index is 2.11. The van der Waals surface area contributed by atoms with Gasteiger partial charge >= 0.3 is 0 Å². The normalized spacial score (nSPS) is 17.9. The van der Waals surface area contributed by atoms with E-state index in [9.17, 15) is 0 Å². The third kappa shape index (κ3) is 3.30. The summed E-state index contributed by atoms with van der Waals surface area (Å²) in [6, 6.07) is 4.06. The number of aromatic nitrogens is 1. The number of nitrogens with one attached hydrogen (secondary N) is 1. The quantitative estimate of drug-likeness (QED) is 0.818. The first kappa shape index (κ1) is 12.1. The molecule has 3 nitrogen and oxygen atoms in total. The van der Waals surface area contributed by atoms with E-state index in [0.29, 0.717) is 0 Å². The molecule has 3 N–H and O–H groups in total. The van der Waals surface area contributed by atoms with Crippen LogP contribution in [0.2, 0.25) is 0 Å². The third-order valence-corrected chi connectivity index (χ3v) is 3.02. The number of hydrogen-bond donors (Lipinski definition) is 2. The second-order valence-corrected chi connectivity index (χ2v) is 4.73. The van der Waals surface area contributed by atoms with Gasteiger partial charge in [0.25, 0.3) is 0 Å². The van der Waals surface area contributed by atoms with Gasteiger partial charge in [-0.2, -0.15) is 0 Å². The molecule has 1 aliphatic carbocycles. The molecule has 1 aromatic heterocycles. The van der Waals surface area contributed by atoms with E-state index in [4.69, 9.17) is 5.73 Å². The summed E-state index contributed by atoms with van der Waals surface area (Å²) in [5.41, 5.74) is 8.31. The highest BCUT2D eigenvalue weighted by molar-refractivity contribution is 5.45. The topological polar surface area (TPSA) is 50.9 Å². The standard InChI is InChI=1S/C14H21N3/c1-3-4-13(11-5-6-11)17-14-9-12(10(2)15)7-8-16-14/h4,7-11H,3,5-6,15H2,1-2H3,(H,16,17)/b13-4+. The van der Waals surface area contributed by atoms with E-state index in [1.165, 1.54) is 18.5 Å². The number of nitrogens with zero attached hydrogens (tertiary/aromatic N) is 1. The van der Waals surface area contributed by atoms with Crippen molar-refractivity contribution in [3.8, 4) is 0 Å². The average molecular weight is 231 g/mol. The summed E-state index contributed by atoms with van der Waals surface area (Å²) in [7, 11) is 0. The Morgan fingerprint density at radius 2 is 2.41 bits per heavy atom. The largest absolute Gasteiger partial charge is 0.344 e. The molecule has 1 heterocycles. The Morgan fingerprint density at radius 1 is 1.65 bits per heavy atom. The first-order chi connectivity index (χ1) is 8.20. The minimum Gasteiger partial charge on any atom is -0.344 e. The molecule has 1 unspecified atom stereocenters. The van der Waals surface area contributed by atoms with E-state index in [2.05, 4.69) is 23.3 Å². The molecule has 1 saturated carbocycles. The van der Waals surface area contributed by atoms with Crippen LogP contribution in [0.1, 0.15) is 44.7 Å². The van der Waals surface area contributed by atoms with Gasteiger partial charge in [0.2, 0.25) is 0 Å². The van der Waals surface area contributed by atoms with Gasteiger partial charge in [-0.15, -0.1) is 0 Å². The maximum atomic E-state index is 5.87. The van der Waals surface area contributed by atoms with Gasteiger partial charge in [-0.25, -0.2) is 4.98 Å². The fourth-order valence-corrected chi connectivity index (χ4v) is 1.88. The molecule has 1 atom stereocenters. The van der Waals surface area contributed by atoms with Gasteiger partial charge in [0.05, 0.1) is 0 Å². The Hall–Kier alpha value is -1.35. The second kappa shape index (κ2) is 5.32. The summed E-state index contributed by atoms with van der Waals surface area (Å²) >= 11 is 0. The Kier molecular flexibility index (Phi) is 3.79. The molecule has 0 spiro atoms. The van der Waals surface area contributed by atoms with Gasteiger partial charge < -0.3 is 11.1 Å². The van der Waals surface area contributed by atoms with E-state index in [1.807, 2.05) is 25.3 Å². The van der Waals surface area contributed by atoms with Crippen molar-refractivity contribution in [3.63, 3.8) is 0 Å². The molecule has 2 rings (SSSR count). The Bertz CT molecular complexity index is 406. The predicted octanol–water partition coefficient (Wildman–Crippen LogP) is 3.22.